The van der Waals surface area contributed by atoms with Crippen LogP contribution in [0.25, 0.3) is 0 Å². The Morgan fingerprint density at radius 2 is 2.12 bits per heavy atom. The molecule has 3 unspecified atom stereocenters. The highest BCUT2D eigenvalue weighted by Crippen LogP contribution is 2.47. The van der Waals surface area contributed by atoms with Crippen LogP contribution in [0, 0.1) is 34.5 Å². The smallest absolute Gasteiger partial charge is 0.0621 e. The Hall–Kier alpha value is -0.550. The minimum absolute atomic E-state index is 0.271. The average Bonchev–Trinajstić information content (AvgIpc) is 2.88. The van der Waals surface area contributed by atoms with Gasteiger partial charge in [0.25, 0.3) is 0 Å². The van der Waals surface area contributed by atoms with Crippen LogP contribution in [-0.2, 0) is 0 Å². The molecule has 2 bridgehead atoms. The largest absolute Gasteiger partial charge is 0.316 e. The van der Waals surface area contributed by atoms with Crippen molar-refractivity contribution < 1.29 is 0 Å². The highest BCUT2D eigenvalue weighted by molar-refractivity contribution is 4.91. The van der Waals surface area contributed by atoms with E-state index in [9.17, 15) is 0 Å². The number of hydrogen-bond acceptors (Lipinski definition) is 2. The molecule has 2 nitrogen and oxygen atoms in total. The minimum atomic E-state index is 0.271. The van der Waals surface area contributed by atoms with Crippen molar-refractivity contribution in [2.24, 2.45) is 23.2 Å². The highest BCUT2D eigenvalue weighted by Gasteiger charge is 2.39. The van der Waals surface area contributed by atoms with Crippen LogP contribution in [0.2, 0.25) is 0 Å². The fourth-order valence-electron chi connectivity index (χ4n) is 3.71. The van der Waals surface area contributed by atoms with Crippen LogP contribution < -0.4 is 5.32 Å². The van der Waals surface area contributed by atoms with Gasteiger partial charge in [0.05, 0.1) is 6.07 Å². The van der Waals surface area contributed by atoms with E-state index in [-0.39, 0.29) is 5.41 Å². The first kappa shape index (κ1) is 12.9. The van der Waals surface area contributed by atoms with Crippen LogP contribution in [0.5, 0.6) is 0 Å². The lowest BCUT2D eigenvalue weighted by Gasteiger charge is -2.27. The lowest BCUT2D eigenvalue weighted by atomic mass is 9.86. The fraction of sp³-hybridized carbons (Fsp3) is 0.933. The van der Waals surface area contributed by atoms with Crippen LogP contribution in [-0.4, -0.2) is 13.1 Å². The summed E-state index contributed by atoms with van der Waals surface area (Å²) in [6.07, 6.45) is 7.64. The zero-order valence-electron chi connectivity index (χ0n) is 11.3. The molecule has 3 atom stereocenters. The summed E-state index contributed by atoms with van der Waals surface area (Å²) in [6, 6.07) is 2.25. The third-order valence-electron chi connectivity index (χ3n) is 4.81. The van der Waals surface area contributed by atoms with Crippen LogP contribution in [0.4, 0.5) is 0 Å². The molecule has 2 saturated carbocycles. The molecule has 0 aromatic carbocycles. The summed E-state index contributed by atoms with van der Waals surface area (Å²) in [7, 11) is 0. The first-order valence-electron chi connectivity index (χ1n) is 7.18. The van der Waals surface area contributed by atoms with Crippen molar-refractivity contribution in [3.05, 3.63) is 0 Å². The Morgan fingerprint density at radius 3 is 2.71 bits per heavy atom. The number of fused-ring (bicyclic) bond motifs is 2. The number of rotatable bonds is 6. The molecule has 0 spiro atoms. The van der Waals surface area contributed by atoms with Crippen molar-refractivity contribution in [1.82, 2.24) is 5.32 Å². The molecule has 2 heteroatoms. The molecule has 1 N–H and O–H groups in total. The summed E-state index contributed by atoms with van der Waals surface area (Å²) < 4.78 is 0. The molecule has 0 aliphatic heterocycles. The van der Waals surface area contributed by atoms with Crippen LogP contribution in [0.15, 0.2) is 0 Å². The monoisotopic (exact) mass is 234 g/mol. The summed E-state index contributed by atoms with van der Waals surface area (Å²) in [4.78, 5) is 0. The number of nitriles is 1. The van der Waals surface area contributed by atoms with Gasteiger partial charge in [0, 0.05) is 13.0 Å². The van der Waals surface area contributed by atoms with Gasteiger partial charge in [0.2, 0.25) is 0 Å². The number of hydrogen-bond donors (Lipinski definition) is 1. The molecule has 2 rings (SSSR count). The SMILES string of the molecule is CC(C)(CCC#N)CNCC1CC2CCC1C2. The Bertz CT molecular complexity index is 290. The first-order chi connectivity index (χ1) is 8.11. The van der Waals surface area contributed by atoms with Gasteiger partial charge in [0.1, 0.15) is 0 Å². The lowest BCUT2D eigenvalue weighted by molar-refractivity contribution is 0.275. The van der Waals surface area contributed by atoms with Crippen molar-refractivity contribution >= 4 is 0 Å². The van der Waals surface area contributed by atoms with Crippen molar-refractivity contribution in [1.29, 1.82) is 5.26 Å². The molecule has 17 heavy (non-hydrogen) atoms. The van der Waals surface area contributed by atoms with Crippen LogP contribution in [0.3, 0.4) is 0 Å². The second-order valence-electron chi connectivity index (χ2n) is 6.89. The molecule has 0 saturated heterocycles. The Kier molecular flexibility index (Phi) is 4.09. The maximum atomic E-state index is 8.63. The first-order valence-corrected chi connectivity index (χ1v) is 7.18. The van der Waals surface area contributed by atoms with Gasteiger partial charge in [0.15, 0.2) is 0 Å². The quantitative estimate of drug-likeness (QED) is 0.765. The summed E-state index contributed by atoms with van der Waals surface area (Å²) in [6.45, 7) is 6.79. The maximum absolute atomic E-state index is 8.63. The van der Waals surface area contributed by atoms with E-state index in [1.807, 2.05) is 0 Å². The van der Waals surface area contributed by atoms with E-state index in [1.165, 1.54) is 32.2 Å². The van der Waals surface area contributed by atoms with Crippen LogP contribution >= 0.6 is 0 Å². The lowest BCUT2D eigenvalue weighted by Crippen LogP contribution is -2.34. The highest BCUT2D eigenvalue weighted by atomic mass is 14.9. The predicted octanol–water partition coefficient (Wildman–Crippen LogP) is 3.34. The van der Waals surface area contributed by atoms with Crippen molar-refractivity contribution in [2.75, 3.05) is 13.1 Å². The van der Waals surface area contributed by atoms with Gasteiger partial charge in [-0.05, 0) is 55.4 Å². The average molecular weight is 234 g/mol. The topological polar surface area (TPSA) is 35.8 Å². The molecule has 96 valence electrons. The van der Waals surface area contributed by atoms with Gasteiger partial charge >= 0.3 is 0 Å². The van der Waals surface area contributed by atoms with E-state index in [1.54, 1.807) is 0 Å². The number of nitrogens with zero attached hydrogens (tertiary/aromatic N) is 1. The Balaban J connectivity index is 1.64. The third-order valence-corrected chi connectivity index (χ3v) is 4.81. The second kappa shape index (κ2) is 5.40. The zero-order chi connectivity index (χ0) is 12.3. The summed E-state index contributed by atoms with van der Waals surface area (Å²) in [5.41, 5.74) is 0.271. The van der Waals surface area contributed by atoms with Crippen molar-refractivity contribution in [3.63, 3.8) is 0 Å². The van der Waals surface area contributed by atoms with E-state index < -0.39 is 0 Å². The molecule has 2 aliphatic carbocycles. The van der Waals surface area contributed by atoms with Gasteiger partial charge < -0.3 is 5.32 Å². The number of nitrogens with one attached hydrogen (secondary N) is 1. The summed E-state index contributed by atoms with van der Waals surface area (Å²) in [5.74, 6) is 3.02. The van der Waals surface area contributed by atoms with Gasteiger partial charge in [-0.15, -0.1) is 0 Å². The van der Waals surface area contributed by atoms with E-state index in [0.717, 1.165) is 30.7 Å². The summed E-state index contributed by atoms with van der Waals surface area (Å²) in [5, 5.41) is 12.3. The second-order valence-corrected chi connectivity index (χ2v) is 6.89. The zero-order valence-corrected chi connectivity index (χ0v) is 11.3. The fourth-order valence-corrected chi connectivity index (χ4v) is 3.71. The molecule has 2 fully saturated rings. The Labute approximate surface area is 106 Å². The minimum Gasteiger partial charge on any atom is -0.316 e. The van der Waals surface area contributed by atoms with Crippen LogP contribution in [0.1, 0.15) is 52.4 Å². The van der Waals surface area contributed by atoms with E-state index in [2.05, 4.69) is 25.2 Å². The molecule has 0 amide bonds. The van der Waals surface area contributed by atoms with Gasteiger partial charge in [-0.25, -0.2) is 0 Å². The molecule has 0 aromatic heterocycles. The normalized spacial score (nSPS) is 31.7. The van der Waals surface area contributed by atoms with E-state index in [4.69, 9.17) is 5.26 Å². The molecule has 0 radical (unpaired) electrons. The molecule has 0 aromatic rings. The van der Waals surface area contributed by atoms with Gasteiger partial charge in [-0.3, -0.25) is 0 Å². The molecular formula is C15H26N2. The van der Waals surface area contributed by atoms with Crippen molar-refractivity contribution in [2.45, 2.75) is 52.4 Å². The third kappa shape index (κ3) is 3.45. The maximum Gasteiger partial charge on any atom is 0.0621 e. The van der Waals surface area contributed by atoms with E-state index >= 15 is 0 Å². The van der Waals surface area contributed by atoms with E-state index in [0.29, 0.717) is 6.42 Å². The van der Waals surface area contributed by atoms with Gasteiger partial charge in [-0.1, -0.05) is 20.3 Å². The predicted molar refractivity (Wildman–Crippen MR) is 70.4 cm³/mol. The molecule has 0 heterocycles. The Morgan fingerprint density at radius 1 is 1.29 bits per heavy atom. The molecular weight excluding hydrogens is 208 g/mol. The van der Waals surface area contributed by atoms with Gasteiger partial charge in [-0.2, -0.15) is 5.26 Å². The van der Waals surface area contributed by atoms with Crippen molar-refractivity contribution in [3.8, 4) is 6.07 Å². The summed E-state index contributed by atoms with van der Waals surface area (Å²) >= 11 is 0. The molecule has 2 aliphatic rings. The standard InChI is InChI=1S/C15H26N2/c1-15(2,6-3-7-16)11-17-10-14-9-12-4-5-13(14)8-12/h12-14,17H,3-6,8-11H2,1-2H3.